The molecule has 0 aliphatic carbocycles. The van der Waals surface area contributed by atoms with E-state index < -0.39 is 10.0 Å². The van der Waals surface area contributed by atoms with Crippen LogP contribution in [0.1, 0.15) is 31.7 Å². The normalized spacial score (nSPS) is 16.8. The van der Waals surface area contributed by atoms with Gasteiger partial charge >= 0.3 is 0 Å². The average Bonchev–Trinajstić information content (AvgIpc) is 3.22. The smallest absolute Gasteiger partial charge is 0.261 e. The first-order valence-corrected chi connectivity index (χ1v) is 11.2. The lowest BCUT2D eigenvalue weighted by molar-refractivity contribution is -0.116. The summed E-state index contributed by atoms with van der Waals surface area (Å²) >= 11 is 0. The van der Waals surface area contributed by atoms with E-state index in [1.54, 1.807) is 35.2 Å². The molecular formula is C21H25N3O3S. The van der Waals surface area contributed by atoms with E-state index in [9.17, 15) is 13.2 Å². The average molecular weight is 400 g/mol. The zero-order valence-electron chi connectivity index (χ0n) is 16.0. The number of aryl methyl sites for hydroxylation is 1. The Kier molecular flexibility index (Phi) is 5.02. The van der Waals surface area contributed by atoms with Crippen molar-refractivity contribution in [3.63, 3.8) is 0 Å². The Labute approximate surface area is 166 Å². The van der Waals surface area contributed by atoms with Crippen molar-refractivity contribution >= 4 is 33.0 Å². The molecule has 2 heterocycles. The molecule has 0 unspecified atom stereocenters. The first-order chi connectivity index (χ1) is 13.4. The SMILES string of the molecule is CC(=O)N1CCCc2cc(S(=O)(=O)Nc3ccc(N4CCCC4)cc3)ccc21. The molecule has 1 saturated heterocycles. The van der Waals surface area contributed by atoms with Crippen molar-refractivity contribution in [3.05, 3.63) is 48.0 Å². The number of amides is 1. The van der Waals surface area contributed by atoms with Crippen LogP contribution in [0.15, 0.2) is 47.4 Å². The van der Waals surface area contributed by atoms with Gasteiger partial charge in [0.15, 0.2) is 0 Å². The van der Waals surface area contributed by atoms with E-state index in [1.165, 1.54) is 19.8 Å². The fourth-order valence-corrected chi connectivity index (χ4v) is 5.11. The highest BCUT2D eigenvalue weighted by molar-refractivity contribution is 7.92. The summed E-state index contributed by atoms with van der Waals surface area (Å²) < 4.78 is 28.3. The molecule has 2 aliphatic heterocycles. The first kappa shape index (κ1) is 18.8. The summed E-state index contributed by atoms with van der Waals surface area (Å²) in [6, 6.07) is 12.5. The molecule has 6 nitrogen and oxygen atoms in total. The molecule has 0 spiro atoms. The topological polar surface area (TPSA) is 69.7 Å². The first-order valence-electron chi connectivity index (χ1n) is 9.73. The highest BCUT2D eigenvalue weighted by Gasteiger charge is 2.23. The van der Waals surface area contributed by atoms with E-state index in [-0.39, 0.29) is 10.8 Å². The maximum absolute atomic E-state index is 12.8. The number of sulfonamides is 1. The van der Waals surface area contributed by atoms with Crippen molar-refractivity contribution in [2.75, 3.05) is 34.2 Å². The second kappa shape index (κ2) is 7.47. The monoisotopic (exact) mass is 399 g/mol. The van der Waals surface area contributed by atoms with Crippen LogP contribution in [-0.2, 0) is 21.2 Å². The molecule has 0 bridgehead atoms. The van der Waals surface area contributed by atoms with E-state index in [2.05, 4.69) is 9.62 Å². The van der Waals surface area contributed by atoms with Gasteiger partial charge in [-0.3, -0.25) is 9.52 Å². The molecule has 0 radical (unpaired) electrons. The van der Waals surface area contributed by atoms with Crippen LogP contribution in [0.5, 0.6) is 0 Å². The van der Waals surface area contributed by atoms with Gasteiger partial charge in [0.1, 0.15) is 0 Å². The predicted molar refractivity (Wildman–Crippen MR) is 111 cm³/mol. The predicted octanol–water partition coefficient (Wildman–Crippen LogP) is 3.39. The van der Waals surface area contributed by atoms with Gasteiger partial charge in [-0.25, -0.2) is 8.42 Å². The molecule has 2 aromatic rings. The standard InChI is InChI=1S/C21H25N3O3S/c1-16(25)24-14-4-5-17-15-20(10-11-21(17)24)28(26,27)22-18-6-8-19(9-7-18)23-12-2-3-13-23/h6-11,15,22H,2-5,12-14H2,1H3. The van der Waals surface area contributed by atoms with Crippen molar-refractivity contribution < 1.29 is 13.2 Å². The number of rotatable bonds is 4. The van der Waals surface area contributed by atoms with Gasteiger partial charge in [-0.05, 0) is 73.7 Å². The molecule has 148 valence electrons. The summed E-state index contributed by atoms with van der Waals surface area (Å²) in [6.45, 7) is 4.32. The fourth-order valence-electron chi connectivity index (χ4n) is 4.00. The summed E-state index contributed by atoms with van der Waals surface area (Å²) in [4.78, 5) is 16.0. The molecule has 2 aliphatic rings. The van der Waals surface area contributed by atoms with Crippen LogP contribution in [0.2, 0.25) is 0 Å². The molecule has 4 rings (SSSR count). The van der Waals surface area contributed by atoms with Crippen LogP contribution in [-0.4, -0.2) is 34.0 Å². The number of benzene rings is 2. The van der Waals surface area contributed by atoms with Gasteiger partial charge in [-0.2, -0.15) is 0 Å². The lowest BCUT2D eigenvalue weighted by atomic mass is 10.0. The van der Waals surface area contributed by atoms with E-state index in [4.69, 9.17) is 0 Å². The Bertz CT molecular complexity index is 980. The summed E-state index contributed by atoms with van der Waals surface area (Å²) in [5, 5.41) is 0. The second-order valence-electron chi connectivity index (χ2n) is 7.41. The molecule has 0 atom stereocenters. The Balaban J connectivity index is 1.54. The number of fused-ring (bicyclic) bond motifs is 1. The quantitative estimate of drug-likeness (QED) is 0.856. The second-order valence-corrected chi connectivity index (χ2v) is 9.09. The zero-order chi connectivity index (χ0) is 19.7. The Morgan fingerprint density at radius 2 is 1.68 bits per heavy atom. The summed E-state index contributed by atoms with van der Waals surface area (Å²) in [7, 11) is -3.68. The maximum Gasteiger partial charge on any atom is 0.261 e. The molecule has 28 heavy (non-hydrogen) atoms. The van der Waals surface area contributed by atoms with Gasteiger partial charge in [-0.1, -0.05) is 0 Å². The van der Waals surface area contributed by atoms with Crippen LogP contribution in [0.3, 0.4) is 0 Å². The van der Waals surface area contributed by atoms with Gasteiger partial charge in [0, 0.05) is 43.6 Å². The van der Waals surface area contributed by atoms with Crippen molar-refractivity contribution in [3.8, 4) is 0 Å². The van der Waals surface area contributed by atoms with E-state index in [0.29, 0.717) is 12.2 Å². The van der Waals surface area contributed by atoms with Crippen molar-refractivity contribution in [2.24, 2.45) is 0 Å². The highest BCUT2D eigenvalue weighted by Crippen LogP contribution is 2.30. The molecule has 1 N–H and O–H groups in total. The number of hydrogen-bond donors (Lipinski definition) is 1. The van der Waals surface area contributed by atoms with Gasteiger partial charge in [0.05, 0.1) is 4.90 Å². The van der Waals surface area contributed by atoms with Crippen LogP contribution >= 0.6 is 0 Å². The third-order valence-corrected chi connectivity index (χ3v) is 6.83. The Morgan fingerprint density at radius 3 is 2.36 bits per heavy atom. The van der Waals surface area contributed by atoms with Gasteiger partial charge < -0.3 is 9.80 Å². The number of nitrogens with zero attached hydrogens (tertiary/aromatic N) is 2. The third kappa shape index (κ3) is 3.71. The molecule has 1 amide bonds. The van der Waals surface area contributed by atoms with Crippen molar-refractivity contribution in [1.82, 2.24) is 0 Å². The summed E-state index contributed by atoms with van der Waals surface area (Å²) in [6.07, 6.45) is 4.01. The van der Waals surface area contributed by atoms with Crippen molar-refractivity contribution in [1.29, 1.82) is 0 Å². The summed E-state index contributed by atoms with van der Waals surface area (Å²) in [5.74, 6) is -0.0206. The largest absolute Gasteiger partial charge is 0.372 e. The van der Waals surface area contributed by atoms with Gasteiger partial charge in [0.2, 0.25) is 5.91 Å². The Hall–Kier alpha value is -2.54. The number of hydrogen-bond acceptors (Lipinski definition) is 4. The van der Waals surface area contributed by atoms with Crippen LogP contribution < -0.4 is 14.5 Å². The minimum absolute atomic E-state index is 0.0206. The number of anilines is 3. The van der Waals surface area contributed by atoms with Crippen LogP contribution in [0.4, 0.5) is 17.1 Å². The maximum atomic E-state index is 12.8. The lowest BCUT2D eigenvalue weighted by Gasteiger charge is -2.28. The number of carbonyl (C=O) groups excluding carboxylic acids is 1. The lowest BCUT2D eigenvalue weighted by Crippen LogP contribution is -2.33. The van der Waals surface area contributed by atoms with Gasteiger partial charge in [-0.15, -0.1) is 0 Å². The molecule has 0 aromatic heterocycles. The molecule has 7 heteroatoms. The van der Waals surface area contributed by atoms with E-state index in [1.807, 2.05) is 12.1 Å². The third-order valence-electron chi connectivity index (χ3n) is 5.45. The zero-order valence-corrected chi connectivity index (χ0v) is 16.8. The molecular weight excluding hydrogens is 374 g/mol. The van der Waals surface area contributed by atoms with E-state index >= 15 is 0 Å². The fraction of sp³-hybridized carbons (Fsp3) is 0.381. The van der Waals surface area contributed by atoms with Gasteiger partial charge in [0.25, 0.3) is 10.0 Å². The minimum Gasteiger partial charge on any atom is -0.372 e. The van der Waals surface area contributed by atoms with E-state index in [0.717, 1.165) is 42.9 Å². The molecule has 0 saturated carbocycles. The summed E-state index contributed by atoms with van der Waals surface area (Å²) in [5.41, 5.74) is 3.38. The number of carbonyl (C=O) groups is 1. The highest BCUT2D eigenvalue weighted by atomic mass is 32.2. The molecule has 1 fully saturated rings. The Morgan fingerprint density at radius 1 is 0.964 bits per heavy atom. The van der Waals surface area contributed by atoms with Crippen molar-refractivity contribution in [2.45, 2.75) is 37.5 Å². The number of nitrogens with one attached hydrogen (secondary N) is 1. The van der Waals surface area contributed by atoms with Crippen LogP contribution in [0.25, 0.3) is 0 Å². The molecule has 2 aromatic carbocycles. The van der Waals surface area contributed by atoms with Crippen LogP contribution in [0, 0.1) is 0 Å². The minimum atomic E-state index is -3.68.